The number of fused-ring (bicyclic) bond motifs is 1. The summed E-state index contributed by atoms with van der Waals surface area (Å²) in [6, 6.07) is 15.8. The number of esters is 1. The van der Waals surface area contributed by atoms with Gasteiger partial charge < -0.3 is 9.84 Å². The normalized spacial score (nSPS) is 25.3. The molecule has 2 aromatic carbocycles. The second-order valence-corrected chi connectivity index (χ2v) is 7.12. The van der Waals surface area contributed by atoms with Crippen molar-refractivity contribution in [2.45, 2.75) is 31.6 Å². The van der Waals surface area contributed by atoms with Gasteiger partial charge in [-0.3, -0.25) is 9.59 Å². The molecule has 0 heterocycles. The number of rotatable bonds is 5. The zero-order chi connectivity index (χ0) is 18.3. The second-order valence-electron chi connectivity index (χ2n) is 7.12. The van der Waals surface area contributed by atoms with Gasteiger partial charge in [0.1, 0.15) is 0 Å². The number of benzene rings is 2. The minimum Gasteiger partial charge on any atom is -0.481 e. The molecule has 0 saturated heterocycles. The Morgan fingerprint density at radius 1 is 0.885 bits per heavy atom. The number of ether oxygens (including phenoxy) is 1. The smallest absolute Gasteiger partial charge is 0.310 e. The minimum atomic E-state index is -0.929. The zero-order valence-electron chi connectivity index (χ0n) is 14.7. The van der Waals surface area contributed by atoms with Gasteiger partial charge in [0.2, 0.25) is 0 Å². The van der Waals surface area contributed by atoms with E-state index in [1.54, 1.807) is 0 Å². The number of aliphatic carboxylic acids is 1. The summed E-state index contributed by atoms with van der Waals surface area (Å²) >= 11 is 0. The molecule has 5 rings (SSSR count). The number of carboxylic acid groups (broad SMARTS) is 1. The van der Waals surface area contributed by atoms with E-state index >= 15 is 0 Å². The van der Waals surface area contributed by atoms with Gasteiger partial charge in [0, 0.05) is 11.8 Å². The summed E-state index contributed by atoms with van der Waals surface area (Å²) in [5, 5.41) is 9.99. The molecule has 0 radical (unpaired) electrons. The van der Waals surface area contributed by atoms with Gasteiger partial charge in [-0.2, -0.15) is 0 Å². The standard InChI is InChI=1S/C22H22O4/c1-2-3-12-26-22(25)20-18-15-10-6-4-8-13(15)17(19(20)21(23)24)14-9-5-7-11-16(14)18/h4-11,17-20H,2-3,12H2,1H3,(H,23,24). The molecule has 0 amide bonds. The summed E-state index contributed by atoms with van der Waals surface area (Å²) in [4.78, 5) is 25.1. The van der Waals surface area contributed by atoms with Crippen molar-refractivity contribution < 1.29 is 19.4 Å². The number of carbonyl (C=O) groups is 2. The van der Waals surface area contributed by atoms with Gasteiger partial charge in [-0.15, -0.1) is 0 Å². The number of unbranched alkanes of at least 4 members (excludes halogenated alkanes) is 1. The van der Waals surface area contributed by atoms with Crippen molar-refractivity contribution in [3.63, 3.8) is 0 Å². The Morgan fingerprint density at radius 2 is 1.35 bits per heavy atom. The quantitative estimate of drug-likeness (QED) is 0.655. The molecular weight excluding hydrogens is 328 g/mol. The number of hydrogen-bond acceptors (Lipinski definition) is 3. The van der Waals surface area contributed by atoms with E-state index in [0.29, 0.717) is 6.61 Å². The van der Waals surface area contributed by atoms with Crippen LogP contribution in [0.25, 0.3) is 0 Å². The molecule has 0 fully saturated rings. The Hall–Kier alpha value is -2.62. The zero-order valence-corrected chi connectivity index (χ0v) is 14.7. The van der Waals surface area contributed by atoms with Crippen LogP contribution in [0.2, 0.25) is 0 Å². The van der Waals surface area contributed by atoms with Crippen molar-refractivity contribution in [1.29, 1.82) is 0 Å². The van der Waals surface area contributed by atoms with E-state index in [0.717, 1.165) is 35.1 Å². The Bertz CT molecular complexity index is 809. The highest BCUT2D eigenvalue weighted by atomic mass is 16.5. The molecule has 2 aromatic rings. The minimum absolute atomic E-state index is 0.261. The van der Waals surface area contributed by atoms with Gasteiger partial charge in [-0.1, -0.05) is 61.9 Å². The van der Waals surface area contributed by atoms with Crippen LogP contribution in [0.4, 0.5) is 0 Å². The Labute approximate surface area is 152 Å². The van der Waals surface area contributed by atoms with E-state index in [4.69, 9.17) is 4.74 Å². The summed E-state index contributed by atoms with van der Waals surface area (Å²) in [6.45, 7) is 2.38. The van der Waals surface area contributed by atoms with E-state index < -0.39 is 17.8 Å². The Balaban J connectivity index is 1.85. The number of carboxylic acids is 1. The second kappa shape index (κ2) is 6.60. The molecule has 0 aliphatic heterocycles. The van der Waals surface area contributed by atoms with E-state index in [-0.39, 0.29) is 17.8 Å². The van der Waals surface area contributed by atoms with Crippen molar-refractivity contribution in [3.8, 4) is 0 Å². The molecule has 2 unspecified atom stereocenters. The average Bonchev–Trinajstić information content (AvgIpc) is 2.67. The molecule has 3 aliphatic carbocycles. The molecular formula is C22H22O4. The molecule has 0 aromatic heterocycles. The fraction of sp³-hybridized carbons (Fsp3) is 0.364. The maximum atomic E-state index is 12.9. The van der Waals surface area contributed by atoms with E-state index in [2.05, 4.69) is 0 Å². The molecule has 2 bridgehead atoms. The average molecular weight is 350 g/mol. The first-order valence-corrected chi connectivity index (χ1v) is 9.22. The lowest BCUT2D eigenvalue weighted by molar-refractivity contribution is -0.160. The molecule has 134 valence electrons. The Kier molecular flexibility index (Phi) is 4.27. The van der Waals surface area contributed by atoms with E-state index in [9.17, 15) is 14.7 Å². The van der Waals surface area contributed by atoms with Crippen molar-refractivity contribution in [2.75, 3.05) is 6.61 Å². The molecule has 4 heteroatoms. The van der Waals surface area contributed by atoms with Crippen LogP contribution in [0.3, 0.4) is 0 Å². The third kappa shape index (κ3) is 2.44. The first-order valence-electron chi connectivity index (χ1n) is 9.22. The topological polar surface area (TPSA) is 63.6 Å². The first kappa shape index (κ1) is 16.8. The highest BCUT2D eigenvalue weighted by molar-refractivity contribution is 5.87. The highest BCUT2D eigenvalue weighted by Gasteiger charge is 2.55. The third-order valence-corrected chi connectivity index (χ3v) is 5.74. The van der Waals surface area contributed by atoms with E-state index in [1.807, 2.05) is 55.5 Å². The molecule has 1 N–H and O–H groups in total. The van der Waals surface area contributed by atoms with E-state index in [1.165, 1.54) is 0 Å². The summed E-state index contributed by atoms with van der Waals surface area (Å²) in [6.07, 6.45) is 1.72. The summed E-state index contributed by atoms with van der Waals surface area (Å²) in [5.41, 5.74) is 4.18. The molecule has 4 nitrogen and oxygen atoms in total. The molecule has 0 saturated carbocycles. The maximum Gasteiger partial charge on any atom is 0.310 e. The molecule has 3 aliphatic rings. The summed E-state index contributed by atoms with van der Waals surface area (Å²) in [7, 11) is 0. The van der Waals surface area contributed by atoms with Gasteiger partial charge in [0.25, 0.3) is 0 Å². The van der Waals surface area contributed by atoms with Gasteiger partial charge in [0.15, 0.2) is 0 Å². The highest BCUT2D eigenvalue weighted by Crippen LogP contribution is 2.58. The van der Waals surface area contributed by atoms with Crippen LogP contribution >= 0.6 is 0 Å². The van der Waals surface area contributed by atoms with Crippen LogP contribution in [-0.4, -0.2) is 23.7 Å². The molecule has 2 atom stereocenters. The monoisotopic (exact) mass is 350 g/mol. The molecule has 0 spiro atoms. The fourth-order valence-electron chi connectivity index (χ4n) is 4.67. The Morgan fingerprint density at radius 3 is 1.77 bits per heavy atom. The van der Waals surface area contributed by atoms with Crippen LogP contribution < -0.4 is 0 Å². The van der Waals surface area contributed by atoms with Crippen molar-refractivity contribution in [2.24, 2.45) is 11.8 Å². The van der Waals surface area contributed by atoms with Gasteiger partial charge in [0.05, 0.1) is 18.4 Å². The number of carbonyl (C=O) groups excluding carboxylic acids is 1. The lowest BCUT2D eigenvalue weighted by Gasteiger charge is -2.47. The lowest BCUT2D eigenvalue weighted by atomic mass is 9.54. The third-order valence-electron chi connectivity index (χ3n) is 5.74. The number of hydrogen-bond donors (Lipinski definition) is 1. The van der Waals surface area contributed by atoms with Crippen LogP contribution in [0.1, 0.15) is 53.9 Å². The van der Waals surface area contributed by atoms with Gasteiger partial charge in [-0.05, 0) is 28.7 Å². The largest absolute Gasteiger partial charge is 0.481 e. The summed E-state index contributed by atoms with van der Waals surface area (Å²) < 4.78 is 5.48. The predicted octanol–water partition coefficient (Wildman–Crippen LogP) is 3.94. The SMILES string of the molecule is CCCCOC(=O)C1C2c3ccccc3C(c3ccccc32)C1C(=O)O. The maximum absolute atomic E-state index is 12.9. The van der Waals surface area contributed by atoms with Crippen molar-refractivity contribution >= 4 is 11.9 Å². The summed E-state index contributed by atoms with van der Waals surface area (Å²) in [5.74, 6) is -3.36. The molecule has 26 heavy (non-hydrogen) atoms. The lowest BCUT2D eigenvalue weighted by Crippen LogP contribution is -2.47. The van der Waals surface area contributed by atoms with Crippen LogP contribution in [0.5, 0.6) is 0 Å². The fourth-order valence-corrected chi connectivity index (χ4v) is 4.67. The van der Waals surface area contributed by atoms with Gasteiger partial charge >= 0.3 is 11.9 Å². The van der Waals surface area contributed by atoms with Crippen molar-refractivity contribution in [1.82, 2.24) is 0 Å². The first-order chi connectivity index (χ1) is 12.6. The van der Waals surface area contributed by atoms with Gasteiger partial charge in [-0.25, -0.2) is 0 Å². The predicted molar refractivity (Wildman–Crippen MR) is 97.1 cm³/mol. The van der Waals surface area contributed by atoms with Crippen LogP contribution in [-0.2, 0) is 14.3 Å². The van der Waals surface area contributed by atoms with Crippen LogP contribution in [0.15, 0.2) is 48.5 Å². The van der Waals surface area contributed by atoms with Crippen LogP contribution in [0, 0.1) is 11.8 Å². The van der Waals surface area contributed by atoms with Crippen molar-refractivity contribution in [3.05, 3.63) is 70.8 Å².